The van der Waals surface area contributed by atoms with E-state index in [1.165, 1.54) is 17.7 Å². The Morgan fingerprint density at radius 1 is 1.08 bits per heavy atom. The monoisotopic (exact) mass is 362 g/mol. The fourth-order valence-corrected chi connectivity index (χ4v) is 2.59. The van der Waals surface area contributed by atoms with Crippen LogP contribution in [0, 0.1) is 0 Å². The normalized spacial score (nSPS) is 11.0. The molecule has 0 saturated carbocycles. The highest BCUT2D eigenvalue weighted by Gasteiger charge is 2.06. The third-order valence-electron chi connectivity index (χ3n) is 3.85. The molecular weight excluding hydrogens is 338 g/mol. The number of nitrogens with one attached hydrogen (secondary N) is 1. The largest absolute Gasteiger partial charge is 0.435 e. The summed E-state index contributed by atoms with van der Waals surface area (Å²) >= 11 is 0. The van der Waals surface area contributed by atoms with Gasteiger partial charge in [0.1, 0.15) is 5.75 Å². The van der Waals surface area contributed by atoms with Gasteiger partial charge in [-0.3, -0.25) is 4.79 Å². The first-order valence-electron chi connectivity index (χ1n) is 8.56. The first kappa shape index (κ1) is 19.8. The van der Waals surface area contributed by atoms with Crippen LogP contribution in [0.5, 0.6) is 5.75 Å². The van der Waals surface area contributed by atoms with E-state index in [4.69, 9.17) is 0 Å². The molecule has 1 N–H and O–H groups in total. The molecular formula is C20H24F2N2O2. The number of ether oxygens (including phenoxy) is 1. The molecule has 140 valence electrons. The third-order valence-corrected chi connectivity index (χ3v) is 3.85. The van der Waals surface area contributed by atoms with Crippen molar-refractivity contribution >= 4 is 5.91 Å². The molecule has 4 nitrogen and oxygen atoms in total. The Labute approximate surface area is 152 Å². The van der Waals surface area contributed by atoms with Crippen molar-refractivity contribution in [3.05, 3.63) is 65.7 Å². The van der Waals surface area contributed by atoms with Gasteiger partial charge < -0.3 is 15.0 Å². The molecule has 0 radical (unpaired) electrons. The molecule has 0 aliphatic rings. The van der Waals surface area contributed by atoms with Gasteiger partial charge in [-0.05, 0) is 43.3 Å². The smallest absolute Gasteiger partial charge is 0.387 e. The molecule has 1 amide bonds. The lowest BCUT2D eigenvalue weighted by Crippen LogP contribution is -2.29. The topological polar surface area (TPSA) is 41.6 Å². The van der Waals surface area contributed by atoms with E-state index in [-0.39, 0.29) is 18.1 Å². The Hall–Kier alpha value is -2.47. The Kier molecular flexibility index (Phi) is 8.02. The summed E-state index contributed by atoms with van der Waals surface area (Å²) in [7, 11) is 2.05. The number of rotatable bonds is 10. The summed E-state index contributed by atoms with van der Waals surface area (Å²) in [5.41, 5.74) is 2.02. The number of halogens is 2. The van der Waals surface area contributed by atoms with Crippen LogP contribution < -0.4 is 10.1 Å². The van der Waals surface area contributed by atoms with E-state index in [9.17, 15) is 13.6 Å². The van der Waals surface area contributed by atoms with E-state index >= 15 is 0 Å². The minimum atomic E-state index is -2.84. The van der Waals surface area contributed by atoms with Gasteiger partial charge in [-0.25, -0.2) is 0 Å². The van der Waals surface area contributed by atoms with Crippen LogP contribution in [-0.2, 0) is 17.8 Å². The van der Waals surface area contributed by atoms with Crippen LogP contribution in [0.25, 0.3) is 0 Å². The number of nitrogens with zero attached hydrogens (tertiary/aromatic N) is 1. The fourth-order valence-electron chi connectivity index (χ4n) is 2.59. The molecule has 0 aliphatic heterocycles. The van der Waals surface area contributed by atoms with Gasteiger partial charge in [0.25, 0.3) is 0 Å². The van der Waals surface area contributed by atoms with Crippen LogP contribution in [-0.4, -0.2) is 37.6 Å². The maximum absolute atomic E-state index is 12.1. The second-order valence-electron chi connectivity index (χ2n) is 6.13. The van der Waals surface area contributed by atoms with Crippen molar-refractivity contribution in [1.29, 1.82) is 0 Å². The molecule has 0 unspecified atom stereocenters. The lowest BCUT2D eigenvalue weighted by atomic mass is 10.1. The summed E-state index contributed by atoms with van der Waals surface area (Å²) in [5, 5.41) is 2.88. The SMILES string of the molecule is CN(CCCNC(=O)Cc1ccc(OC(F)F)cc1)Cc1ccccc1. The highest BCUT2D eigenvalue weighted by atomic mass is 19.3. The molecule has 0 atom stereocenters. The van der Waals surface area contributed by atoms with Crippen molar-refractivity contribution in [1.82, 2.24) is 10.2 Å². The van der Waals surface area contributed by atoms with Crippen molar-refractivity contribution in [2.24, 2.45) is 0 Å². The van der Waals surface area contributed by atoms with Crippen molar-refractivity contribution in [3.8, 4) is 5.75 Å². The number of alkyl halides is 2. The predicted molar refractivity (Wildman–Crippen MR) is 97.2 cm³/mol. The van der Waals surface area contributed by atoms with Gasteiger partial charge in [0.05, 0.1) is 6.42 Å². The molecule has 2 aromatic carbocycles. The minimum absolute atomic E-state index is 0.0850. The summed E-state index contributed by atoms with van der Waals surface area (Å²) in [6.45, 7) is -0.481. The summed E-state index contributed by atoms with van der Waals surface area (Å²) in [4.78, 5) is 14.1. The van der Waals surface area contributed by atoms with Gasteiger partial charge >= 0.3 is 6.61 Å². The Bertz CT molecular complexity index is 663. The average Bonchev–Trinajstić information content (AvgIpc) is 2.61. The standard InChI is InChI=1S/C20H24F2N2O2/c1-24(15-17-6-3-2-4-7-17)13-5-12-23-19(25)14-16-8-10-18(11-9-16)26-20(21)22/h2-4,6-11,20H,5,12-15H2,1H3,(H,23,25). The van der Waals surface area contributed by atoms with Gasteiger partial charge in [0.15, 0.2) is 0 Å². The zero-order chi connectivity index (χ0) is 18.8. The molecule has 26 heavy (non-hydrogen) atoms. The second-order valence-corrected chi connectivity index (χ2v) is 6.13. The van der Waals surface area contributed by atoms with Crippen LogP contribution in [0.15, 0.2) is 54.6 Å². The molecule has 0 aromatic heterocycles. The summed E-state index contributed by atoms with van der Waals surface area (Å²) in [6, 6.07) is 16.3. The van der Waals surface area contributed by atoms with Crippen molar-refractivity contribution in [2.45, 2.75) is 26.0 Å². The summed E-state index contributed by atoms with van der Waals surface area (Å²) in [6.07, 6.45) is 1.07. The van der Waals surface area contributed by atoms with Gasteiger partial charge in [-0.2, -0.15) is 8.78 Å². The third kappa shape index (κ3) is 7.61. The fraction of sp³-hybridized carbons (Fsp3) is 0.350. The Morgan fingerprint density at radius 2 is 1.77 bits per heavy atom. The van der Waals surface area contributed by atoms with E-state index in [0.717, 1.165) is 25.1 Å². The highest BCUT2D eigenvalue weighted by molar-refractivity contribution is 5.78. The second kappa shape index (κ2) is 10.5. The molecule has 0 aliphatic carbocycles. The lowest BCUT2D eigenvalue weighted by Gasteiger charge is -2.16. The van der Waals surface area contributed by atoms with Crippen LogP contribution in [0.1, 0.15) is 17.5 Å². The van der Waals surface area contributed by atoms with Crippen molar-refractivity contribution in [3.63, 3.8) is 0 Å². The maximum Gasteiger partial charge on any atom is 0.387 e. The number of amides is 1. The Morgan fingerprint density at radius 3 is 2.42 bits per heavy atom. The van der Waals surface area contributed by atoms with Crippen LogP contribution in [0.3, 0.4) is 0 Å². The van der Waals surface area contributed by atoms with E-state index in [0.29, 0.717) is 6.54 Å². The first-order valence-corrected chi connectivity index (χ1v) is 8.56. The van der Waals surface area contributed by atoms with Gasteiger partial charge in [-0.1, -0.05) is 42.5 Å². The minimum Gasteiger partial charge on any atom is -0.435 e. The zero-order valence-electron chi connectivity index (χ0n) is 14.8. The molecule has 0 spiro atoms. The van der Waals surface area contributed by atoms with Gasteiger partial charge in [-0.15, -0.1) is 0 Å². The van der Waals surface area contributed by atoms with E-state index in [2.05, 4.69) is 34.1 Å². The van der Waals surface area contributed by atoms with Crippen LogP contribution in [0.2, 0.25) is 0 Å². The predicted octanol–water partition coefficient (Wildman–Crippen LogP) is 3.47. The molecule has 6 heteroatoms. The Balaban J connectivity index is 1.62. The molecule has 0 bridgehead atoms. The molecule has 2 aromatic rings. The van der Waals surface area contributed by atoms with Gasteiger partial charge in [0.2, 0.25) is 5.91 Å². The highest BCUT2D eigenvalue weighted by Crippen LogP contribution is 2.15. The van der Waals surface area contributed by atoms with Gasteiger partial charge in [0, 0.05) is 13.1 Å². The van der Waals surface area contributed by atoms with E-state index in [1.54, 1.807) is 12.1 Å². The average molecular weight is 362 g/mol. The number of hydrogen-bond donors (Lipinski definition) is 1. The van der Waals surface area contributed by atoms with Crippen LogP contribution in [0.4, 0.5) is 8.78 Å². The number of hydrogen-bond acceptors (Lipinski definition) is 3. The quantitative estimate of drug-likeness (QED) is 0.658. The first-order chi connectivity index (χ1) is 12.5. The van der Waals surface area contributed by atoms with Crippen molar-refractivity contribution < 1.29 is 18.3 Å². The lowest BCUT2D eigenvalue weighted by molar-refractivity contribution is -0.120. The molecule has 0 saturated heterocycles. The molecule has 0 fully saturated rings. The number of carbonyl (C=O) groups excluding carboxylic acids is 1. The number of carbonyl (C=O) groups is 1. The van der Waals surface area contributed by atoms with E-state index in [1.807, 2.05) is 18.2 Å². The summed E-state index contributed by atoms with van der Waals surface area (Å²) < 4.78 is 28.5. The molecule has 0 heterocycles. The number of benzene rings is 2. The van der Waals surface area contributed by atoms with Crippen LogP contribution >= 0.6 is 0 Å². The molecule has 2 rings (SSSR count). The summed E-state index contributed by atoms with van der Waals surface area (Å²) in [5.74, 6) is 0.00357. The van der Waals surface area contributed by atoms with E-state index < -0.39 is 6.61 Å². The van der Waals surface area contributed by atoms with Crippen molar-refractivity contribution in [2.75, 3.05) is 20.1 Å². The maximum atomic E-state index is 12.1. The zero-order valence-corrected chi connectivity index (χ0v) is 14.8.